The Morgan fingerprint density at radius 1 is 1.61 bits per heavy atom. The van der Waals surface area contributed by atoms with Gasteiger partial charge in [-0.05, 0) is 31.5 Å². The number of carbonyl (C=O) groups is 1. The number of benzene rings is 1. The summed E-state index contributed by atoms with van der Waals surface area (Å²) < 4.78 is 18.9. The van der Waals surface area contributed by atoms with Crippen molar-refractivity contribution >= 4 is 17.5 Å². The minimum absolute atomic E-state index is 0.0194. The number of amides is 1. The van der Waals surface area contributed by atoms with Crippen molar-refractivity contribution in [2.24, 2.45) is 5.92 Å². The standard InChI is InChI=1S/C13H15ClFNO2/c1-8-9(4-5-18-8)7-16-13(17)11-6-10(14)2-3-12(11)15/h2-3,6,8-9H,4-5,7H2,1H3,(H,16,17). The van der Waals surface area contributed by atoms with E-state index in [0.29, 0.717) is 18.2 Å². The molecule has 2 atom stereocenters. The van der Waals surface area contributed by atoms with Crippen molar-refractivity contribution in [3.63, 3.8) is 0 Å². The predicted molar refractivity (Wildman–Crippen MR) is 67.3 cm³/mol. The van der Waals surface area contributed by atoms with Crippen molar-refractivity contribution in [2.45, 2.75) is 19.4 Å². The number of hydrogen-bond donors (Lipinski definition) is 1. The Bertz CT molecular complexity index is 453. The third-order valence-electron chi connectivity index (χ3n) is 3.23. The molecule has 0 spiro atoms. The average molecular weight is 272 g/mol. The Kier molecular flexibility index (Phi) is 4.19. The van der Waals surface area contributed by atoms with Crippen LogP contribution in [-0.4, -0.2) is 25.2 Å². The van der Waals surface area contributed by atoms with Gasteiger partial charge in [0.2, 0.25) is 0 Å². The monoisotopic (exact) mass is 271 g/mol. The zero-order valence-corrected chi connectivity index (χ0v) is 10.8. The van der Waals surface area contributed by atoms with Gasteiger partial charge in [0.25, 0.3) is 5.91 Å². The summed E-state index contributed by atoms with van der Waals surface area (Å²) in [6.07, 6.45) is 1.05. The first-order chi connectivity index (χ1) is 8.58. The SMILES string of the molecule is CC1OCCC1CNC(=O)c1cc(Cl)ccc1F. The lowest BCUT2D eigenvalue weighted by Gasteiger charge is -2.14. The van der Waals surface area contributed by atoms with Crippen LogP contribution in [0.15, 0.2) is 18.2 Å². The van der Waals surface area contributed by atoms with Gasteiger partial charge in [0.15, 0.2) is 0 Å². The van der Waals surface area contributed by atoms with Crippen LogP contribution < -0.4 is 5.32 Å². The molecule has 5 heteroatoms. The van der Waals surface area contributed by atoms with Crippen LogP contribution in [0.2, 0.25) is 5.02 Å². The second-order valence-electron chi connectivity index (χ2n) is 4.46. The fourth-order valence-electron chi connectivity index (χ4n) is 2.03. The fraction of sp³-hybridized carbons (Fsp3) is 0.462. The zero-order chi connectivity index (χ0) is 13.1. The van der Waals surface area contributed by atoms with Crippen LogP contribution in [0.25, 0.3) is 0 Å². The van der Waals surface area contributed by atoms with E-state index in [1.807, 2.05) is 6.92 Å². The smallest absolute Gasteiger partial charge is 0.254 e. The summed E-state index contributed by atoms with van der Waals surface area (Å²) >= 11 is 5.74. The highest BCUT2D eigenvalue weighted by Crippen LogP contribution is 2.20. The van der Waals surface area contributed by atoms with Crippen molar-refractivity contribution < 1.29 is 13.9 Å². The first-order valence-electron chi connectivity index (χ1n) is 5.93. The lowest BCUT2D eigenvalue weighted by molar-refractivity contribution is 0.0904. The molecule has 98 valence electrons. The quantitative estimate of drug-likeness (QED) is 0.918. The molecule has 0 radical (unpaired) electrons. The molecule has 1 aliphatic heterocycles. The van der Waals surface area contributed by atoms with E-state index in [1.54, 1.807) is 0 Å². The average Bonchev–Trinajstić information content (AvgIpc) is 2.75. The third kappa shape index (κ3) is 3.00. The second kappa shape index (κ2) is 5.67. The molecule has 18 heavy (non-hydrogen) atoms. The molecule has 1 amide bonds. The van der Waals surface area contributed by atoms with Gasteiger partial charge in [-0.1, -0.05) is 11.6 Å². The molecule has 1 saturated heterocycles. The van der Waals surface area contributed by atoms with Crippen molar-refractivity contribution in [1.29, 1.82) is 0 Å². The van der Waals surface area contributed by atoms with E-state index < -0.39 is 11.7 Å². The van der Waals surface area contributed by atoms with E-state index >= 15 is 0 Å². The number of halogens is 2. The normalized spacial score (nSPS) is 23.1. The largest absolute Gasteiger partial charge is 0.378 e. The molecule has 1 fully saturated rings. The summed E-state index contributed by atoms with van der Waals surface area (Å²) in [7, 11) is 0. The van der Waals surface area contributed by atoms with Crippen LogP contribution >= 0.6 is 11.6 Å². The highest BCUT2D eigenvalue weighted by Gasteiger charge is 2.25. The summed E-state index contributed by atoms with van der Waals surface area (Å²) in [5, 5.41) is 3.07. The maximum absolute atomic E-state index is 13.5. The first kappa shape index (κ1) is 13.3. The Morgan fingerprint density at radius 3 is 3.06 bits per heavy atom. The molecular weight excluding hydrogens is 257 g/mol. The second-order valence-corrected chi connectivity index (χ2v) is 4.90. The van der Waals surface area contributed by atoms with E-state index in [2.05, 4.69) is 5.32 Å². The highest BCUT2D eigenvalue weighted by atomic mass is 35.5. The zero-order valence-electron chi connectivity index (χ0n) is 10.1. The third-order valence-corrected chi connectivity index (χ3v) is 3.47. The first-order valence-corrected chi connectivity index (χ1v) is 6.30. The maximum Gasteiger partial charge on any atom is 0.254 e. The van der Waals surface area contributed by atoms with E-state index in [-0.39, 0.29) is 17.6 Å². The Balaban J connectivity index is 1.97. The van der Waals surface area contributed by atoms with Crippen molar-refractivity contribution in [2.75, 3.05) is 13.2 Å². The van der Waals surface area contributed by atoms with Crippen LogP contribution in [0, 0.1) is 11.7 Å². The van der Waals surface area contributed by atoms with Crippen molar-refractivity contribution in [3.8, 4) is 0 Å². The number of ether oxygens (including phenoxy) is 1. The molecule has 0 aromatic heterocycles. The Hall–Kier alpha value is -1.13. The molecule has 1 aromatic rings. The summed E-state index contributed by atoms with van der Waals surface area (Å²) in [4.78, 5) is 11.8. The molecule has 1 N–H and O–H groups in total. The number of nitrogens with one attached hydrogen (secondary N) is 1. The van der Waals surface area contributed by atoms with E-state index in [1.165, 1.54) is 18.2 Å². The summed E-state index contributed by atoms with van der Waals surface area (Å²) in [5.41, 5.74) is -0.0194. The minimum Gasteiger partial charge on any atom is -0.378 e. The van der Waals surface area contributed by atoms with Gasteiger partial charge in [0.05, 0.1) is 11.7 Å². The fourth-order valence-corrected chi connectivity index (χ4v) is 2.21. The van der Waals surface area contributed by atoms with Crippen LogP contribution in [0.5, 0.6) is 0 Å². The predicted octanol–water partition coefficient (Wildman–Crippen LogP) is 2.63. The van der Waals surface area contributed by atoms with Gasteiger partial charge in [0.1, 0.15) is 5.82 Å². The van der Waals surface area contributed by atoms with Crippen LogP contribution in [0.4, 0.5) is 4.39 Å². The van der Waals surface area contributed by atoms with Crippen molar-refractivity contribution in [1.82, 2.24) is 5.32 Å². The number of hydrogen-bond acceptors (Lipinski definition) is 2. The van der Waals surface area contributed by atoms with Gasteiger partial charge in [-0.3, -0.25) is 4.79 Å². The maximum atomic E-state index is 13.5. The lowest BCUT2D eigenvalue weighted by Crippen LogP contribution is -2.32. The molecule has 2 unspecified atom stereocenters. The molecule has 0 aliphatic carbocycles. The molecule has 1 aromatic carbocycles. The van der Waals surface area contributed by atoms with Gasteiger partial charge in [-0.2, -0.15) is 0 Å². The van der Waals surface area contributed by atoms with Crippen LogP contribution in [-0.2, 0) is 4.74 Å². The topological polar surface area (TPSA) is 38.3 Å². The van der Waals surface area contributed by atoms with Crippen LogP contribution in [0.3, 0.4) is 0 Å². The molecule has 0 saturated carbocycles. The van der Waals surface area contributed by atoms with Crippen molar-refractivity contribution in [3.05, 3.63) is 34.6 Å². The van der Waals surface area contributed by atoms with Crippen LogP contribution in [0.1, 0.15) is 23.7 Å². The van der Waals surface area contributed by atoms with E-state index in [9.17, 15) is 9.18 Å². The molecular formula is C13H15ClFNO2. The molecule has 0 bridgehead atoms. The van der Waals surface area contributed by atoms with Gasteiger partial charge in [-0.25, -0.2) is 4.39 Å². The molecule has 3 nitrogen and oxygen atoms in total. The van der Waals surface area contributed by atoms with Gasteiger partial charge in [-0.15, -0.1) is 0 Å². The van der Waals surface area contributed by atoms with Gasteiger partial charge < -0.3 is 10.1 Å². The summed E-state index contributed by atoms with van der Waals surface area (Å²) in [6, 6.07) is 3.94. The van der Waals surface area contributed by atoms with E-state index in [0.717, 1.165) is 6.42 Å². The number of rotatable bonds is 3. The lowest BCUT2D eigenvalue weighted by atomic mass is 10.0. The Labute approximate surface area is 110 Å². The highest BCUT2D eigenvalue weighted by molar-refractivity contribution is 6.30. The summed E-state index contributed by atoms with van der Waals surface area (Å²) in [5.74, 6) is -0.710. The Morgan fingerprint density at radius 2 is 2.39 bits per heavy atom. The van der Waals surface area contributed by atoms with Gasteiger partial charge >= 0.3 is 0 Å². The number of carbonyl (C=O) groups excluding carboxylic acids is 1. The summed E-state index contributed by atoms with van der Waals surface area (Å²) in [6.45, 7) is 3.18. The molecule has 2 rings (SSSR count). The molecule has 1 heterocycles. The van der Waals surface area contributed by atoms with E-state index in [4.69, 9.17) is 16.3 Å². The minimum atomic E-state index is -0.562. The van der Waals surface area contributed by atoms with Gasteiger partial charge in [0, 0.05) is 24.1 Å². The molecule has 1 aliphatic rings.